The van der Waals surface area contributed by atoms with Crippen molar-refractivity contribution in [1.82, 2.24) is 4.90 Å². The number of allylic oxidation sites excluding steroid dienone is 1. The van der Waals surface area contributed by atoms with E-state index < -0.39 is 0 Å². The van der Waals surface area contributed by atoms with Crippen LogP contribution in [0.3, 0.4) is 0 Å². The van der Waals surface area contributed by atoms with E-state index in [0.29, 0.717) is 12.1 Å². The predicted molar refractivity (Wildman–Crippen MR) is 65.4 cm³/mol. The molecule has 0 saturated carbocycles. The van der Waals surface area contributed by atoms with E-state index >= 15 is 0 Å². The third-order valence-corrected chi connectivity index (χ3v) is 3.19. The van der Waals surface area contributed by atoms with Gasteiger partial charge >= 0.3 is 0 Å². The molecule has 16 heavy (non-hydrogen) atoms. The molecular formula is C13H23NO2. The third-order valence-electron chi connectivity index (χ3n) is 3.19. The van der Waals surface area contributed by atoms with Gasteiger partial charge in [-0.05, 0) is 19.4 Å². The van der Waals surface area contributed by atoms with Gasteiger partial charge < -0.3 is 4.74 Å². The number of hydrogen-bond donors (Lipinski definition) is 0. The van der Waals surface area contributed by atoms with Crippen LogP contribution in [0.1, 0.15) is 27.2 Å². The van der Waals surface area contributed by atoms with E-state index in [-0.39, 0.29) is 11.7 Å². The Morgan fingerprint density at radius 2 is 2.12 bits per heavy atom. The molecule has 1 saturated heterocycles. The smallest absolute Gasteiger partial charge is 0.157 e. The van der Waals surface area contributed by atoms with Crippen molar-refractivity contribution in [1.29, 1.82) is 0 Å². The van der Waals surface area contributed by atoms with Gasteiger partial charge in [-0.25, -0.2) is 0 Å². The van der Waals surface area contributed by atoms with Crippen LogP contribution in [0.2, 0.25) is 0 Å². The molecule has 1 fully saturated rings. The average molecular weight is 225 g/mol. The maximum absolute atomic E-state index is 11.5. The zero-order valence-electron chi connectivity index (χ0n) is 10.8. The molecule has 1 unspecified atom stereocenters. The summed E-state index contributed by atoms with van der Waals surface area (Å²) < 4.78 is 5.32. The minimum absolute atomic E-state index is 0.0914. The molecule has 0 amide bonds. The number of ether oxygens (including phenoxy) is 1. The molecule has 92 valence electrons. The largest absolute Gasteiger partial charge is 0.380 e. The lowest BCUT2D eigenvalue weighted by atomic mass is 10.1. The number of hydrogen-bond acceptors (Lipinski definition) is 3. The normalized spacial score (nSPS) is 24.4. The van der Waals surface area contributed by atoms with Gasteiger partial charge in [0.2, 0.25) is 0 Å². The predicted octanol–water partition coefficient (Wildman–Crippen LogP) is 1.88. The molecule has 3 heteroatoms. The summed E-state index contributed by atoms with van der Waals surface area (Å²) in [7, 11) is 1.76. The number of carbonyl (C=O) groups excluding carboxylic acids is 1. The van der Waals surface area contributed by atoms with Crippen LogP contribution in [-0.2, 0) is 9.53 Å². The summed E-state index contributed by atoms with van der Waals surface area (Å²) in [5.41, 5.74) is 0. The lowest BCUT2D eigenvalue weighted by Crippen LogP contribution is -2.30. The second-order valence-corrected chi connectivity index (χ2v) is 4.80. The number of carbonyl (C=O) groups is 1. The van der Waals surface area contributed by atoms with Crippen molar-refractivity contribution in [2.75, 3.05) is 20.2 Å². The Kier molecular flexibility index (Phi) is 5.16. The molecule has 0 aromatic heterocycles. The molecule has 0 spiro atoms. The standard InChI is InChI=1S/C13H23NO2/c1-10(2)13(15)6-5-11(3)14-8-7-12(9-14)16-4/h5-6,10-12H,7-9H2,1-4H3/b6-5+/t11?,12-/m0/s1. The van der Waals surface area contributed by atoms with Crippen LogP contribution >= 0.6 is 0 Å². The second kappa shape index (κ2) is 6.16. The molecule has 1 rings (SSSR count). The van der Waals surface area contributed by atoms with Crippen molar-refractivity contribution in [2.24, 2.45) is 5.92 Å². The Bertz CT molecular complexity index is 261. The summed E-state index contributed by atoms with van der Waals surface area (Å²) in [4.78, 5) is 13.8. The van der Waals surface area contributed by atoms with Crippen molar-refractivity contribution in [3.05, 3.63) is 12.2 Å². The maximum atomic E-state index is 11.5. The second-order valence-electron chi connectivity index (χ2n) is 4.80. The Labute approximate surface area is 98.5 Å². The molecule has 0 N–H and O–H groups in total. The topological polar surface area (TPSA) is 29.5 Å². The molecule has 0 aliphatic carbocycles. The molecule has 2 atom stereocenters. The highest BCUT2D eigenvalue weighted by Crippen LogP contribution is 2.15. The Morgan fingerprint density at radius 3 is 2.62 bits per heavy atom. The summed E-state index contributed by atoms with van der Waals surface area (Å²) in [6, 6.07) is 0.322. The van der Waals surface area contributed by atoms with E-state index in [0.717, 1.165) is 19.5 Å². The lowest BCUT2D eigenvalue weighted by molar-refractivity contribution is -0.117. The quantitative estimate of drug-likeness (QED) is 0.669. The van der Waals surface area contributed by atoms with E-state index in [2.05, 4.69) is 11.8 Å². The monoisotopic (exact) mass is 225 g/mol. The summed E-state index contributed by atoms with van der Waals surface area (Å²) >= 11 is 0. The molecule has 1 aliphatic rings. The van der Waals surface area contributed by atoms with Gasteiger partial charge in [-0.3, -0.25) is 9.69 Å². The van der Waals surface area contributed by atoms with E-state index in [1.54, 1.807) is 13.2 Å². The fourth-order valence-corrected chi connectivity index (χ4v) is 1.86. The van der Waals surface area contributed by atoms with Crippen LogP contribution < -0.4 is 0 Å². The molecular weight excluding hydrogens is 202 g/mol. The minimum atomic E-state index is 0.0914. The van der Waals surface area contributed by atoms with Crippen LogP contribution in [0.4, 0.5) is 0 Å². The first-order valence-electron chi connectivity index (χ1n) is 6.03. The van der Waals surface area contributed by atoms with Crippen molar-refractivity contribution < 1.29 is 9.53 Å². The molecule has 0 aromatic carbocycles. The SMILES string of the molecule is CO[C@H]1CCN(C(C)/C=C/C(=O)C(C)C)C1. The Morgan fingerprint density at radius 1 is 1.44 bits per heavy atom. The van der Waals surface area contributed by atoms with Gasteiger partial charge in [-0.2, -0.15) is 0 Å². The van der Waals surface area contributed by atoms with Gasteiger partial charge in [0.15, 0.2) is 5.78 Å². The van der Waals surface area contributed by atoms with E-state index in [4.69, 9.17) is 4.74 Å². The van der Waals surface area contributed by atoms with E-state index in [9.17, 15) is 4.79 Å². The highest BCUT2D eigenvalue weighted by atomic mass is 16.5. The Hall–Kier alpha value is -0.670. The summed E-state index contributed by atoms with van der Waals surface area (Å²) in [5, 5.41) is 0. The van der Waals surface area contributed by atoms with Gasteiger partial charge in [-0.15, -0.1) is 0 Å². The zero-order chi connectivity index (χ0) is 12.1. The maximum Gasteiger partial charge on any atom is 0.157 e. The van der Waals surface area contributed by atoms with Gasteiger partial charge in [0.05, 0.1) is 6.10 Å². The van der Waals surface area contributed by atoms with Crippen molar-refractivity contribution in [3.8, 4) is 0 Å². The van der Waals surface area contributed by atoms with Crippen molar-refractivity contribution in [2.45, 2.75) is 39.3 Å². The fraction of sp³-hybridized carbons (Fsp3) is 0.769. The average Bonchev–Trinajstić information content (AvgIpc) is 2.73. The lowest BCUT2D eigenvalue weighted by Gasteiger charge is -2.20. The first-order valence-corrected chi connectivity index (χ1v) is 6.03. The minimum Gasteiger partial charge on any atom is -0.380 e. The number of nitrogens with zero attached hydrogens (tertiary/aromatic N) is 1. The summed E-state index contributed by atoms with van der Waals surface area (Å²) in [6.45, 7) is 8.00. The van der Waals surface area contributed by atoms with Crippen LogP contribution in [0.25, 0.3) is 0 Å². The number of methoxy groups -OCH3 is 1. The number of rotatable bonds is 5. The van der Waals surface area contributed by atoms with Crippen LogP contribution in [0, 0.1) is 5.92 Å². The third kappa shape index (κ3) is 3.72. The molecule has 3 nitrogen and oxygen atoms in total. The van der Waals surface area contributed by atoms with Gasteiger partial charge in [0.1, 0.15) is 0 Å². The van der Waals surface area contributed by atoms with Crippen LogP contribution in [0.15, 0.2) is 12.2 Å². The molecule has 0 radical (unpaired) electrons. The highest BCUT2D eigenvalue weighted by molar-refractivity contribution is 5.91. The van der Waals surface area contributed by atoms with E-state index in [1.807, 2.05) is 19.9 Å². The highest BCUT2D eigenvalue weighted by Gasteiger charge is 2.24. The van der Waals surface area contributed by atoms with Crippen molar-refractivity contribution in [3.63, 3.8) is 0 Å². The number of ketones is 1. The van der Waals surface area contributed by atoms with E-state index in [1.165, 1.54) is 0 Å². The summed E-state index contributed by atoms with van der Waals surface area (Å²) in [6.07, 6.45) is 5.17. The summed E-state index contributed by atoms with van der Waals surface area (Å²) in [5.74, 6) is 0.295. The molecule has 0 aromatic rings. The number of likely N-dealkylation sites (tertiary alicyclic amines) is 1. The van der Waals surface area contributed by atoms with Crippen LogP contribution in [-0.4, -0.2) is 43.0 Å². The Balaban J connectivity index is 2.41. The fourth-order valence-electron chi connectivity index (χ4n) is 1.86. The van der Waals surface area contributed by atoms with Gasteiger partial charge in [0, 0.05) is 32.2 Å². The molecule has 1 heterocycles. The molecule has 0 bridgehead atoms. The first kappa shape index (κ1) is 13.4. The van der Waals surface area contributed by atoms with Crippen molar-refractivity contribution >= 4 is 5.78 Å². The van der Waals surface area contributed by atoms with Crippen LogP contribution in [0.5, 0.6) is 0 Å². The van der Waals surface area contributed by atoms with Gasteiger partial charge in [-0.1, -0.05) is 19.9 Å². The zero-order valence-corrected chi connectivity index (χ0v) is 10.8. The van der Waals surface area contributed by atoms with Gasteiger partial charge in [0.25, 0.3) is 0 Å². The first-order chi connectivity index (χ1) is 7.54. The molecule has 1 aliphatic heterocycles.